The fourth-order valence-electron chi connectivity index (χ4n) is 2.31. The second-order valence-corrected chi connectivity index (χ2v) is 5.12. The lowest BCUT2D eigenvalue weighted by molar-refractivity contribution is 0.399. The summed E-state index contributed by atoms with van der Waals surface area (Å²) in [5.74, 6) is 2.49. The second-order valence-electron chi connectivity index (χ2n) is 5.12. The Morgan fingerprint density at radius 3 is 2.74 bits per heavy atom. The molecule has 2 rings (SSSR count). The molecule has 0 amide bonds. The maximum absolute atomic E-state index is 4.26. The molecular weight excluding hydrogens is 240 g/mol. The van der Waals surface area contributed by atoms with Crippen LogP contribution in [0.1, 0.15) is 6.42 Å². The van der Waals surface area contributed by atoms with Gasteiger partial charge in [0, 0.05) is 32.2 Å². The van der Waals surface area contributed by atoms with Crippen LogP contribution >= 0.6 is 0 Å². The summed E-state index contributed by atoms with van der Waals surface area (Å²) >= 11 is 0. The van der Waals surface area contributed by atoms with Crippen molar-refractivity contribution in [3.8, 4) is 0 Å². The Hall–Kier alpha value is -1.40. The standard InChI is InChI=1S/C13H24N6/c1-14-4-5-15-12-7-13(18-10-17-12)16-8-11-3-6-19(2)9-11/h7,10-11,14H,3-6,8-9H2,1-2H3,(H2,15,16,17,18). The number of rotatable bonds is 7. The number of hydrogen-bond donors (Lipinski definition) is 3. The third-order valence-electron chi connectivity index (χ3n) is 3.41. The first-order valence-corrected chi connectivity index (χ1v) is 6.91. The minimum atomic E-state index is 0.723. The van der Waals surface area contributed by atoms with Gasteiger partial charge >= 0.3 is 0 Å². The van der Waals surface area contributed by atoms with Crippen LogP contribution in [0.25, 0.3) is 0 Å². The third kappa shape index (κ3) is 4.65. The molecule has 0 radical (unpaired) electrons. The summed E-state index contributed by atoms with van der Waals surface area (Å²) in [5, 5.41) is 9.76. The highest BCUT2D eigenvalue weighted by Crippen LogP contribution is 2.15. The zero-order chi connectivity index (χ0) is 13.5. The predicted octanol–water partition coefficient (Wildman–Crippen LogP) is 0.472. The Morgan fingerprint density at radius 2 is 2.05 bits per heavy atom. The highest BCUT2D eigenvalue weighted by molar-refractivity contribution is 5.46. The molecular formula is C13H24N6. The van der Waals surface area contributed by atoms with Crippen molar-refractivity contribution in [1.82, 2.24) is 20.2 Å². The zero-order valence-corrected chi connectivity index (χ0v) is 11.8. The lowest BCUT2D eigenvalue weighted by Gasteiger charge is -2.12. The van der Waals surface area contributed by atoms with E-state index in [1.807, 2.05) is 13.1 Å². The summed E-state index contributed by atoms with van der Waals surface area (Å²) in [7, 11) is 4.11. The molecule has 1 aromatic rings. The molecule has 3 N–H and O–H groups in total. The van der Waals surface area contributed by atoms with Gasteiger partial charge in [-0.2, -0.15) is 0 Å². The third-order valence-corrected chi connectivity index (χ3v) is 3.41. The van der Waals surface area contributed by atoms with Crippen LogP contribution in [0.5, 0.6) is 0 Å². The van der Waals surface area contributed by atoms with Crippen molar-refractivity contribution in [1.29, 1.82) is 0 Å². The normalized spacial score (nSPS) is 19.6. The van der Waals surface area contributed by atoms with E-state index in [-0.39, 0.29) is 0 Å². The number of anilines is 2. The molecule has 1 aliphatic heterocycles. The molecule has 1 aromatic heterocycles. The predicted molar refractivity (Wildman–Crippen MR) is 78.5 cm³/mol. The van der Waals surface area contributed by atoms with E-state index in [9.17, 15) is 0 Å². The lowest BCUT2D eigenvalue weighted by atomic mass is 10.1. The molecule has 19 heavy (non-hydrogen) atoms. The Balaban J connectivity index is 1.78. The van der Waals surface area contributed by atoms with Crippen LogP contribution < -0.4 is 16.0 Å². The van der Waals surface area contributed by atoms with Gasteiger partial charge in [0.1, 0.15) is 18.0 Å². The van der Waals surface area contributed by atoms with Crippen molar-refractivity contribution in [2.45, 2.75) is 6.42 Å². The van der Waals surface area contributed by atoms with Gasteiger partial charge in [0.25, 0.3) is 0 Å². The Labute approximate surface area is 115 Å². The topological polar surface area (TPSA) is 65.1 Å². The van der Waals surface area contributed by atoms with Gasteiger partial charge in [-0.15, -0.1) is 0 Å². The molecule has 0 bridgehead atoms. The summed E-state index contributed by atoms with van der Waals surface area (Å²) in [5.41, 5.74) is 0. The van der Waals surface area contributed by atoms with Crippen molar-refractivity contribution in [3.63, 3.8) is 0 Å². The Bertz CT molecular complexity index is 383. The van der Waals surface area contributed by atoms with Gasteiger partial charge in [-0.05, 0) is 33.0 Å². The van der Waals surface area contributed by atoms with E-state index < -0.39 is 0 Å². The molecule has 2 heterocycles. The first-order chi connectivity index (χ1) is 9.28. The van der Waals surface area contributed by atoms with E-state index in [0.717, 1.165) is 37.2 Å². The van der Waals surface area contributed by atoms with Crippen LogP contribution in [-0.4, -0.2) is 61.7 Å². The van der Waals surface area contributed by atoms with Crippen molar-refractivity contribution in [2.75, 3.05) is 57.5 Å². The smallest absolute Gasteiger partial charge is 0.131 e. The van der Waals surface area contributed by atoms with E-state index >= 15 is 0 Å². The molecule has 6 heteroatoms. The maximum atomic E-state index is 4.26. The summed E-state index contributed by atoms with van der Waals surface area (Å²) in [6, 6.07) is 1.97. The van der Waals surface area contributed by atoms with Crippen molar-refractivity contribution < 1.29 is 0 Å². The average molecular weight is 264 g/mol. The minimum absolute atomic E-state index is 0.723. The monoisotopic (exact) mass is 264 g/mol. The van der Waals surface area contributed by atoms with Gasteiger partial charge in [-0.3, -0.25) is 0 Å². The molecule has 1 saturated heterocycles. The number of likely N-dealkylation sites (N-methyl/N-ethyl adjacent to an activating group) is 1. The van der Waals surface area contributed by atoms with Gasteiger partial charge in [0.15, 0.2) is 0 Å². The van der Waals surface area contributed by atoms with E-state index in [2.05, 4.69) is 37.9 Å². The minimum Gasteiger partial charge on any atom is -0.370 e. The first-order valence-electron chi connectivity index (χ1n) is 6.91. The number of nitrogens with zero attached hydrogens (tertiary/aromatic N) is 3. The van der Waals surface area contributed by atoms with Crippen molar-refractivity contribution in [2.24, 2.45) is 5.92 Å². The lowest BCUT2D eigenvalue weighted by Crippen LogP contribution is -2.20. The van der Waals surface area contributed by atoms with Crippen LogP contribution in [0.4, 0.5) is 11.6 Å². The van der Waals surface area contributed by atoms with E-state index in [0.29, 0.717) is 0 Å². The molecule has 106 valence electrons. The van der Waals surface area contributed by atoms with Gasteiger partial charge < -0.3 is 20.9 Å². The van der Waals surface area contributed by atoms with E-state index in [1.165, 1.54) is 19.5 Å². The highest BCUT2D eigenvalue weighted by atomic mass is 15.1. The number of hydrogen-bond acceptors (Lipinski definition) is 6. The van der Waals surface area contributed by atoms with Gasteiger partial charge in [-0.25, -0.2) is 9.97 Å². The van der Waals surface area contributed by atoms with Gasteiger partial charge in [0.2, 0.25) is 0 Å². The molecule has 0 aromatic carbocycles. The summed E-state index contributed by atoms with van der Waals surface area (Å²) in [6.45, 7) is 5.14. The maximum Gasteiger partial charge on any atom is 0.131 e. The van der Waals surface area contributed by atoms with Crippen molar-refractivity contribution >= 4 is 11.6 Å². The summed E-state index contributed by atoms with van der Waals surface area (Å²) < 4.78 is 0. The van der Waals surface area contributed by atoms with Crippen LogP contribution in [-0.2, 0) is 0 Å². The average Bonchev–Trinajstić information content (AvgIpc) is 2.83. The summed E-state index contributed by atoms with van der Waals surface area (Å²) in [6.07, 6.45) is 2.87. The largest absolute Gasteiger partial charge is 0.370 e. The van der Waals surface area contributed by atoms with Crippen LogP contribution in [0.2, 0.25) is 0 Å². The number of aromatic nitrogens is 2. The SMILES string of the molecule is CNCCNc1cc(NCC2CCN(C)C2)ncn1. The fraction of sp³-hybridized carbons (Fsp3) is 0.692. The van der Waals surface area contributed by atoms with Crippen molar-refractivity contribution in [3.05, 3.63) is 12.4 Å². The summed E-state index contributed by atoms with van der Waals surface area (Å²) in [4.78, 5) is 10.8. The molecule has 1 aliphatic rings. The molecule has 0 spiro atoms. The Kier molecular flexibility index (Phi) is 5.35. The molecule has 6 nitrogen and oxygen atoms in total. The van der Waals surface area contributed by atoms with Crippen LogP contribution in [0.3, 0.4) is 0 Å². The zero-order valence-electron chi connectivity index (χ0n) is 11.8. The van der Waals surface area contributed by atoms with E-state index in [4.69, 9.17) is 0 Å². The van der Waals surface area contributed by atoms with Gasteiger partial charge in [-0.1, -0.05) is 0 Å². The molecule has 1 fully saturated rings. The number of likely N-dealkylation sites (tertiary alicyclic amines) is 1. The molecule has 1 atom stereocenters. The van der Waals surface area contributed by atoms with Gasteiger partial charge in [0.05, 0.1) is 0 Å². The van der Waals surface area contributed by atoms with Crippen LogP contribution in [0.15, 0.2) is 12.4 Å². The molecule has 1 unspecified atom stereocenters. The highest BCUT2D eigenvalue weighted by Gasteiger charge is 2.18. The molecule has 0 saturated carbocycles. The van der Waals surface area contributed by atoms with Crippen LogP contribution in [0, 0.1) is 5.92 Å². The number of nitrogens with one attached hydrogen (secondary N) is 3. The first kappa shape index (κ1) is 14.0. The second kappa shape index (κ2) is 7.25. The van der Waals surface area contributed by atoms with E-state index in [1.54, 1.807) is 6.33 Å². The quantitative estimate of drug-likeness (QED) is 0.622. The molecule has 0 aliphatic carbocycles. The fourth-order valence-corrected chi connectivity index (χ4v) is 2.31. The Morgan fingerprint density at radius 1 is 1.26 bits per heavy atom.